The van der Waals surface area contributed by atoms with Crippen LogP contribution >= 0.6 is 0 Å². The van der Waals surface area contributed by atoms with Gasteiger partial charge in [-0.25, -0.2) is 0 Å². The van der Waals surface area contributed by atoms with Gasteiger partial charge in [-0.2, -0.15) is 5.26 Å². The van der Waals surface area contributed by atoms with Crippen LogP contribution in [0, 0.1) is 17.2 Å². The molecule has 0 heterocycles. The first-order valence-electron chi connectivity index (χ1n) is 11.3. The molecule has 27 heavy (non-hydrogen) atoms. The molecule has 0 aliphatic heterocycles. The molecule has 0 aliphatic carbocycles. The topological polar surface area (TPSA) is 27.0 Å². The molecule has 0 aromatic heterocycles. The molecule has 1 aromatic carbocycles. The minimum atomic E-state index is -0.381. The highest BCUT2D eigenvalue weighted by molar-refractivity contribution is 6.29. The Kier molecular flexibility index (Phi) is 11.4. The van der Waals surface area contributed by atoms with E-state index in [9.17, 15) is 5.26 Å². The maximum Gasteiger partial charge on any atom is 0.201 e. The van der Waals surface area contributed by atoms with Crippen LogP contribution in [-0.2, 0) is 5.41 Å². The van der Waals surface area contributed by atoms with Crippen LogP contribution in [0.5, 0.6) is 0 Å². The van der Waals surface area contributed by atoms with Crippen molar-refractivity contribution in [1.29, 1.82) is 5.26 Å². The molecule has 2 nitrogen and oxygen atoms in total. The van der Waals surface area contributed by atoms with Gasteiger partial charge in [0.05, 0.1) is 11.5 Å². The Balaban J connectivity index is 3.33. The number of hydrogen-bond acceptors (Lipinski definition) is 2. The van der Waals surface area contributed by atoms with E-state index in [-0.39, 0.29) is 5.41 Å². The highest BCUT2D eigenvalue weighted by Crippen LogP contribution is 2.43. The molecule has 0 bridgehead atoms. The number of benzene rings is 1. The van der Waals surface area contributed by atoms with Crippen LogP contribution in [0.15, 0.2) is 30.3 Å². The van der Waals surface area contributed by atoms with Crippen LogP contribution in [0.3, 0.4) is 0 Å². The second-order valence-corrected chi connectivity index (χ2v) is 8.15. The molecule has 0 spiro atoms. The van der Waals surface area contributed by atoms with E-state index in [0.717, 1.165) is 33.1 Å². The molecule has 150 valence electrons. The van der Waals surface area contributed by atoms with Crippen molar-refractivity contribution in [1.82, 2.24) is 4.81 Å². The average Bonchev–Trinajstić information content (AvgIpc) is 2.71. The Hall–Kier alpha value is -1.27. The lowest BCUT2D eigenvalue weighted by Crippen LogP contribution is -2.43. The van der Waals surface area contributed by atoms with Gasteiger partial charge in [0.2, 0.25) is 7.41 Å². The van der Waals surface area contributed by atoms with Crippen LogP contribution in [0.1, 0.15) is 84.1 Å². The summed E-state index contributed by atoms with van der Waals surface area (Å²) in [6, 6.07) is 14.0. The number of hydrogen-bond donors (Lipinski definition) is 0. The first-order chi connectivity index (χ1) is 13.1. The van der Waals surface area contributed by atoms with Crippen LogP contribution < -0.4 is 0 Å². The summed E-state index contributed by atoms with van der Waals surface area (Å²) >= 11 is 0. The van der Waals surface area contributed by atoms with Crippen molar-refractivity contribution >= 4 is 7.41 Å². The highest BCUT2D eigenvalue weighted by atomic mass is 15.0. The molecule has 3 atom stereocenters. The quantitative estimate of drug-likeness (QED) is 0.283. The van der Waals surface area contributed by atoms with Gasteiger partial charge >= 0.3 is 0 Å². The largest absolute Gasteiger partial charge is 0.345 e. The van der Waals surface area contributed by atoms with E-state index in [0.29, 0.717) is 12.0 Å². The van der Waals surface area contributed by atoms with Gasteiger partial charge in [0.15, 0.2) is 0 Å². The number of rotatable bonds is 14. The van der Waals surface area contributed by atoms with Gasteiger partial charge < -0.3 is 4.81 Å². The van der Waals surface area contributed by atoms with Gasteiger partial charge in [-0.15, -0.1) is 0 Å². The lowest BCUT2D eigenvalue weighted by molar-refractivity contribution is 0.213. The number of unbranched alkanes of at least 4 members (excludes halogenated alkanes) is 2. The normalized spacial score (nSPS) is 15.7. The van der Waals surface area contributed by atoms with E-state index in [1.165, 1.54) is 37.7 Å². The summed E-state index contributed by atoms with van der Waals surface area (Å²) in [5, 5.41) is 10.6. The lowest BCUT2D eigenvalue weighted by atomic mass is 9.63. The maximum atomic E-state index is 10.6. The van der Waals surface area contributed by atoms with Crippen molar-refractivity contribution in [2.75, 3.05) is 7.05 Å². The molecule has 0 saturated carbocycles. The Bertz CT molecular complexity index is 539. The molecule has 0 amide bonds. The molecular weight excluding hydrogens is 327 g/mol. The van der Waals surface area contributed by atoms with E-state index in [2.05, 4.69) is 75.9 Å². The summed E-state index contributed by atoms with van der Waals surface area (Å²) in [4.78, 5) is 2.45. The summed E-state index contributed by atoms with van der Waals surface area (Å²) in [5.41, 5.74) is 0.849. The second kappa shape index (κ2) is 13.0. The highest BCUT2D eigenvalue weighted by Gasteiger charge is 2.42. The zero-order valence-electron chi connectivity index (χ0n) is 18.5. The zero-order valence-corrected chi connectivity index (χ0v) is 18.5. The maximum absolute atomic E-state index is 10.6. The predicted molar refractivity (Wildman–Crippen MR) is 120 cm³/mol. The van der Waals surface area contributed by atoms with Crippen LogP contribution in [0.25, 0.3) is 0 Å². The fourth-order valence-electron chi connectivity index (χ4n) is 4.52. The summed E-state index contributed by atoms with van der Waals surface area (Å²) in [7, 11) is 3.26. The van der Waals surface area contributed by atoms with Crippen molar-refractivity contribution in [3.63, 3.8) is 0 Å². The van der Waals surface area contributed by atoms with E-state index < -0.39 is 0 Å². The number of nitriles is 1. The van der Waals surface area contributed by atoms with Crippen LogP contribution in [-0.4, -0.2) is 25.3 Å². The van der Waals surface area contributed by atoms with Gasteiger partial charge in [0.1, 0.15) is 0 Å². The third kappa shape index (κ3) is 6.68. The summed E-state index contributed by atoms with van der Waals surface area (Å²) in [6.45, 7) is 9.01. The minimum Gasteiger partial charge on any atom is -0.345 e. The van der Waals surface area contributed by atoms with Crippen LogP contribution in [0.2, 0.25) is 6.82 Å². The van der Waals surface area contributed by atoms with Crippen LogP contribution in [0.4, 0.5) is 0 Å². The lowest BCUT2D eigenvalue weighted by Gasteiger charge is -2.41. The summed E-state index contributed by atoms with van der Waals surface area (Å²) < 4.78 is 0. The minimum absolute atomic E-state index is 0.381. The molecule has 3 heteroatoms. The van der Waals surface area contributed by atoms with Gasteiger partial charge in [0, 0.05) is 6.04 Å². The van der Waals surface area contributed by atoms with Crippen molar-refractivity contribution in [3.05, 3.63) is 35.9 Å². The molecule has 1 rings (SSSR count). The first kappa shape index (κ1) is 23.8. The fourth-order valence-corrected chi connectivity index (χ4v) is 4.52. The molecule has 0 saturated heterocycles. The van der Waals surface area contributed by atoms with Crippen molar-refractivity contribution < 1.29 is 0 Å². The monoisotopic (exact) mass is 368 g/mol. The molecule has 0 radical (unpaired) electrons. The van der Waals surface area contributed by atoms with Gasteiger partial charge in [-0.05, 0) is 44.2 Å². The van der Waals surface area contributed by atoms with E-state index >= 15 is 0 Å². The van der Waals surface area contributed by atoms with Crippen molar-refractivity contribution in [2.45, 2.75) is 96.8 Å². The molecule has 2 unspecified atom stereocenters. The number of nitrogens with zero attached hydrogens (tertiary/aromatic N) is 2. The summed E-state index contributed by atoms with van der Waals surface area (Å²) in [6.07, 6.45) is 10.5. The van der Waals surface area contributed by atoms with E-state index in [1.54, 1.807) is 0 Å². The van der Waals surface area contributed by atoms with Crippen molar-refractivity contribution in [2.24, 2.45) is 5.92 Å². The van der Waals surface area contributed by atoms with Gasteiger partial charge in [0.25, 0.3) is 0 Å². The fraction of sp³-hybridized carbons (Fsp3) is 0.708. The van der Waals surface area contributed by atoms with E-state index in [1.807, 2.05) is 0 Å². The molecule has 0 N–H and O–H groups in total. The first-order valence-corrected chi connectivity index (χ1v) is 11.3. The van der Waals surface area contributed by atoms with E-state index in [4.69, 9.17) is 0 Å². The Morgan fingerprint density at radius 2 is 1.67 bits per heavy atom. The molecule has 1 aromatic rings. The Morgan fingerprint density at radius 1 is 1.00 bits per heavy atom. The second-order valence-electron chi connectivity index (χ2n) is 8.15. The molecule has 0 fully saturated rings. The Labute approximate surface area is 169 Å². The zero-order chi connectivity index (χ0) is 20.1. The predicted octanol–water partition coefficient (Wildman–Crippen LogP) is 6.33. The van der Waals surface area contributed by atoms with Gasteiger partial charge in [-0.3, -0.25) is 0 Å². The molecule has 0 aliphatic rings. The van der Waals surface area contributed by atoms with Gasteiger partial charge in [-0.1, -0.05) is 90.0 Å². The average molecular weight is 368 g/mol. The Morgan fingerprint density at radius 3 is 2.19 bits per heavy atom. The summed E-state index contributed by atoms with van der Waals surface area (Å²) in [5.74, 6) is 0.436. The smallest absolute Gasteiger partial charge is 0.201 e. The SMILES string of the molecule is CBN(C)[C@@H](CCC)CC(C#N)(c1ccccc1)C(CCC)CCCCC. The third-order valence-electron chi connectivity index (χ3n) is 6.28. The van der Waals surface area contributed by atoms with Crippen molar-refractivity contribution in [3.8, 4) is 6.07 Å². The molecular formula is C24H41BN2. The standard InChI is InChI=1S/C24H41BN2/c1-6-9-11-16-21(14-7-2)24(20-26,22-17-12-10-13-18-22)19-23(15-8-3)27(5)25-4/h10,12-13,17-18,21,23,25H,6-9,11,14-16,19H2,1-5H3/t21?,23-,24?/m0/s1. The third-order valence-corrected chi connectivity index (χ3v) is 6.28.